The van der Waals surface area contributed by atoms with Gasteiger partial charge in [0.2, 0.25) is 0 Å². The first-order chi connectivity index (χ1) is 8.11. The number of rotatable bonds is 6. The zero-order valence-corrected chi connectivity index (χ0v) is 11.5. The molecule has 2 rings (SSSR count). The third-order valence-corrected chi connectivity index (χ3v) is 4.49. The van der Waals surface area contributed by atoms with Gasteiger partial charge in [-0.05, 0) is 44.0 Å². The molecule has 2 nitrogen and oxygen atoms in total. The van der Waals surface area contributed by atoms with Crippen LogP contribution in [0.4, 0.5) is 0 Å². The molecule has 0 aliphatic heterocycles. The Morgan fingerprint density at radius 1 is 1.41 bits per heavy atom. The fraction of sp³-hybridized carbons (Fsp3) is 0.538. The Morgan fingerprint density at radius 2 is 2.06 bits per heavy atom. The summed E-state index contributed by atoms with van der Waals surface area (Å²) >= 11 is 7.59. The van der Waals surface area contributed by atoms with Gasteiger partial charge in [0, 0.05) is 27.3 Å². The van der Waals surface area contributed by atoms with Crippen LogP contribution in [-0.4, -0.2) is 29.0 Å². The molecule has 0 saturated heterocycles. The van der Waals surface area contributed by atoms with Crippen molar-refractivity contribution in [1.82, 2.24) is 5.32 Å². The van der Waals surface area contributed by atoms with E-state index in [9.17, 15) is 5.11 Å². The summed E-state index contributed by atoms with van der Waals surface area (Å²) in [5.74, 6) is 0.863. The van der Waals surface area contributed by atoms with Crippen LogP contribution in [0.3, 0.4) is 0 Å². The van der Waals surface area contributed by atoms with Crippen molar-refractivity contribution in [3.63, 3.8) is 0 Å². The highest BCUT2D eigenvalue weighted by molar-refractivity contribution is 7.99. The molecular formula is C13H18ClNOS. The molecule has 0 aromatic heterocycles. The molecule has 1 saturated carbocycles. The fourth-order valence-corrected chi connectivity index (χ4v) is 2.74. The van der Waals surface area contributed by atoms with Crippen LogP contribution >= 0.6 is 23.4 Å². The van der Waals surface area contributed by atoms with Crippen LogP contribution in [0.5, 0.6) is 0 Å². The number of benzene rings is 1. The van der Waals surface area contributed by atoms with E-state index >= 15 is 0 Å². The van der Waals surface area contributed by atoms with E-state index in [1.54, 1.807) is 11.8 Å². The minimum Gasteiger partial charge on any atom is -0.394 e. The van der Waals surface area contributed by atoms with Crippen molar-refractivity contribution in [2.24, 2.45) is 0 Å². The molecule has 1 aliphatic carbocycles. The predicted molar refractivity (Wildman–Crippen MR) is 73.8 cm³/mol. The highest BCUT2D eigenvalue weighted by Gasteiger charge is 2.31. The van der Waals surface area contributed by atoms with E-state index in [0.717, 1.165) is 10.8 Å². The Balaban J connectivity index is 1.88. The average Bonchev–Trinajstić information content (AvgIpc) is 3.12. The molecule has 0 radical (unpaired) electrons. The van der Waals surface area contributed by atoms with E-state index in [1.165, 1.54) is 17.7 Å². The lowest BCUT2D eigenvalue weighted by Crippen LogP contribution is -2.49. The van der Waals surface area contributed by atoms with Crippen LogP contribution in [0.2, 0.25) is 5.02 Å². The van der Waals surface area contributed by atoms with Gasteiger partial charge in [-0.3, -0.25) is 0 Å². The van der Waals surface area contributed by atoms with Gasteiger partial charge in [0.1, 0.15) is 0 Å². The second-order valence-electron chi connectivity index (χ2n) is 4.88. The van der Waals surface area contributed by atoms with Crippen LogP contribution < -0.4 is 5.32 Å². The van der Waals surface area contributed by atoms with Crippen molar-refractivity contribution in [3.05, 3.63) is 29.3 Å². The van der Waals surface area contributed by atoms with Gasteiger partial charge in [-0.15, -0.1) is 11.8 Å². The Bertz CT molecular complexity index is 366. The van der Waals surface area contributed by atoms with Gasteiger partial charge in [-0.25, -0.2) is 0 Å². The van der Waals surface area contributed by atoms with Crippen LogP contribution in [-0.2, 0) is 0 Å². The number of nitrogens with one attached hydrogen (secondary N) is 1. The molecule has 1 aromatic carbocycles. The number of thioether (sulfide) groups is 1. The van der Waals surface area contributed by atoms with E-state index in [4.69, 9.17) is 11.6 Å². The quantitative estimate of drug-likeness (QED) is 0.781. The highest BCUT2D eigenvalue weighted by atomic mass is 35.5. The molecule has 1 aromatic rings. The molecule has 4 heteroatoms. The average molecular weight is 272 g/mol. The molecule has 17 heavy (non-hydrogen) atoms. The van der Waals surface area contributed by atoms with Crippen LogP contribution in [0, 0.1) is 0 Å². The standard InChI is InChI=1S/C13H18ClNOS/c1-13(8-16,15-11-4-5-11)9-17-12-6-2-10(14)3-7-12/h2-3,6-7,11,15-16H,4-5,8-9H2,1H3. The normalized spacial score (nSPS) is 19.0. The van der Waals surface area contributed by atoms with Crippen molar-refractivity contribution in [2.45, 2.75) is 36.2 Å². The van der Waals surface area contributed by atoms with Gasteiger partial charge < -0.3 is 10.4 Å². The van der Waals surface area contributed by atoms with Gasteiger partial charge >= 0.3 is 0 Å². The Kier molecular flexibility index (Phi) is 4.36. The lowest BCUT2D eigenvalue weighted by atomic mass is 10.1. The summed E-state index contributed by atoms with van der Waals surface area (Å²) in [6.07, 6.45) is 2.47. The van der Waals surface area contributed by atoms with Gasteiger partial charge in [0.15, 0.2) is 0 Å². The maximum atomic E-state index is 9.49. The highest BCUT2D eigenvalue weighted by Crippen LogP contribution is 2.27. The minimum atomic E-state index is -0.189. The molecule has 1 atom stereocenters. The van der Waals surface area contributed by atoms with Crippen molar-refractivity contribution in [1.29, 1.82) is 0 Å². The smallest absolute Gasteiger partial charge is 0.0618 e. The topological polar surface area (TPSA) is 32.3 Å². The first-order valence-electron chi connectivity index (χ1n) is 5.88. The molecule has 1 unspecified atom stereocenters. The van der Waals surface area contributed by atoms with Crippen LogP contribution in [0.15, 0.2) is 29.2 Å². The first kappa shape index (κ1) is 13.2. The molecule has 0 spiro atoms. The van der Waals surface area contributed by atoms with Gasteiger partial charge in [0.05, 0.1) is 6.61 Å². The monoisotopic (exact) mass is 271 g/mol. The summed E-state index contributed by atoms with van der Waals surface area (Å²) in [6.45, 7) is 2.25. The zero-order valence-electron chi connectivity index (χ0n) is 9.95. The molecular weight excluding hydrogens is 254 g/mol. The second-order valence-corrected chi connectivity index (χ2v) is 6.37. The largest absolute Gasteiger partial charge is 0.394 e. The molecule has 2 N–H and O–H groups in total. The Labute approximate surface area is 112 Å². The van der Waals surface area contributed by atoms with Gasteiger partial charge in [-0.2, -0.15) is 0 Å². The number of hydrogen-bond donors (Lipinski definition) is 2. The van der Waals surface area contributed by atoms with E-state index < -0.39 is 0 Å². The predicted octanol–water partition coefficient (Wildman–Crippen LogP) is 2.94. The second kappa shape index (κ2) is 5.61. The van der Waals surface area contributed by atoms with Crippen molar-refractivity contribution < 1.29 is 5.11 Å². The third-order valence-electron chi connectivity index (χ3n) is 2.85. The Morgan fingerprint density at radius 3 is 2.59 bits per heavy atom. The third kappa shape index (κ3) is 4.18. The number of halogens is 1. The van der Waals surface area contributed by atoms with Crippen LogP contribution in [0.1, 0.15) is 19.8 Å². The summed E-state index contributed by atoms with van der Waals surface area (Å²) in [6, 6.07) is 8.44. The summed E-state index contributed by atoms with van der Waals surface area (Å²) in [5, 5.41) is 13.7. The lowest BCUT2D eigenvalue weighted by Gasteiger charge is -2.28. The van der Waals surface area contributed by atoms with Crippen molar-refractivity contribution in [2.75, 3.05) is 12.4 Å². The summed E-state index contributed by atoms with van der Waals surface area (Å²) in [7, 11) is 0. The number of aliphatic hydroxyl groups excluding tert-OH is 1. The van der Waals surface area contributed by atoms with E-state index in [-0.39, 0.29) is 12.1 Å². The maximum Gasteiger partial charge on any atom is 0.0618 e. The zero-order chi connectivity index (χ0) is 12.3. The molecule has 94 valence electrons. The van der Waals surface area contributed by atoms with E-state index in [2.05, 4.69) is 12.2 Å². The van der Waals surface area contributed by atoms with Gasteiger partial charge in [-0.1, -0.05) is 11.6 Å². The first-order valence-corrected chi connectivity index (χ1v) is 7.25. The lowest BCUT2D eigenvalue weighted by molar-refractivity contribution is 0.190. The molecule has 1 fully saturated rings. The van der Waals surface area contributed by atoms with Crippen molar-refractivity contribution in [3.8, 4) is 0 Å². The van der Waals surface area contributed by atoms with Gasteiger partial charge in [0.25, 0.3) is 0 Å². The molecule has 1 aliphatic rings. The molecule has 0 bridgehead atoms. The summed E-state index contributed by atoms with van der Waals surface area (Å²) in [5.41, 5.74) is -0.189. The van der Waals surface area contributed by atoms with Crippen LogP contribution in [0.25, 0.3) is 0 Å². The number of aliphatic hydroxyl groups is 1. The fourth-order valence-electron chi connectivity index (χ4n) is 1.63. The van der Waals surface area contributed by atoms with E-state index in [1.807, 2.05) is 24.3 Å². The van der Waals surface area contributed by atoms with E-state index in [0.29, 0.717) is 6.04 Å². The minimum absolute atomic E-state index is 0.171. The number of hydrogen-bond acceptors (Lipinski definition) is 3. The molecule has 0 heterocycles. The molecule has 0 amide bonds. The summed E-state index contributed by atoms with van der Waals surface area (Å²) in [4.78, 5) is 1.19. The SMILES string of the molecule is CC(CO)(CSc1ccc(Cl)cc1)NC1CC1. The maximum absolute atomic E-state index is 9.49. The summed E-state index contributed by atoms with van der Waals surface area (Å²) < 4.78 is 0. The Hall–Kier alpha value is -0.220. The van der Waals surface area contributed by atoms with Crippen molar-refractivity contribution >= 4 is 23.4 Å².